The van der Waals surface area contributed by atoms with Gasteiger partial charge < -0.3 is 13.4 Å². The molecular weight excluding hydrogens is 554 g/mol. The molecule has 5 nitrogen and oxygen atoms in total. The first-order valence-corrected chi connectivity index (χ1v) is 15.0. The summed E-state index contributed by atoms with van der Waals surface area (Å²) < 4.78 is 15.6. The Bertz CT molecular complexity index is 2750. The van der Waals surface area contributed by atoms with Crippen LogP contribution in [0.25, 0.3) is 94.1 Å². The highest BCUT2D eigenvalue weighted by atomic mass is 16.3. The minimum absolute atomic E-state index is 0.667. The fourth-order valence-corrected chi connectivity index (χ4v) is 6.85. The van der Waals surface area contributed by atoms with E-state index in [1.165, 1.54) is 0 Å². The molecule has 0 bridgehead atoms. The van der Waals surface area contributed by atoms with Gasteiger partial charge in [-0.25, -0.2) is 9.97 Å². The number of furan rings is 2. The van der Waals surface area contributed by atoms with Gasteiger partial charge in [0.25, 0.3) is 0 Å². The van der Waals surface area contributed by atoms with Crippen molar-refractivity contribution >= 4 is 65.8 Å². The van der Waals surface area contributed by atoms with E-state index in [-0.39, 0.29) is 0 Å². The minimum atomic E-state index is 0.667. The van der Waals surface area contributed by atoms with Gasteiger partial charge in [0, 0.05) is 32.7 Å². The molecule has 0 aliphatic rings. The molecule has 10 rings (SSSR count). The van der Waals surface area contributed by atoms with E-state index in [2.05, 4.69) is 77.4 Å². The monoisotopic (exact) mass is 577 g/mol. The summed E-state index contributed by atoms with van der Waals surface area (Å²) in [5, 5.41) is 5.36. The largest absolute Gasteiger partial charge is 0.456 e. The summed E-state index contributed by atoms with van der Waals surface area (Å²) >= 11 is 0. The lowest BCUT2D eigenvalue weighted by molar-refractivity contribution is 0.668. The number of hydrogen-bond acceptors (Lipinski definition) is 4. The van der Waals surface area contributed by atoms with E-state index in [9.17, 15) is 0 Å². The third-order valence-corrected chi connectivity index (χ3v) is 8.82. The number of nitrogens with zero attached hydrogens (tertiary/aromatic N) is 3. The molecule has 0 atom stereocenters. The van der Waals surface area contributed by atoms with Crippen molar-refractivity contribution < 1.29 is 8.83 Å². The van der Waals surface area contributed by atoms with Gasteiger partial charge in [0.2, 0.25) is 0 Å². The van der Waals surface area contributed by atoms with Crippen molar-refractivity contribution in [3.63, 3.8) is 0 Å². The van der Waals surface area contributed by atoms with E-state index in [4.69, 9.17) is 18.8 Å². The molecule has 0 saturated heterocycles. The molecule has 0 radical (unpaired) electrons. The van der Waals surface area contributed by atoms with Gasteiger partial charge >= 0.3 is 0 Å². The van der Waals surface area contributed by atoms with Crippen molar-refractivity contribution in [3.8, 4) is 28.3 Å². The van der Waals surface area contributed by atoms with E-state index in [1.807, 2.05) is 66.7 Å². The Balaban J connectivity index is 1.39. The number of para-hydroxylation sites is 2. The van der Waals surface area contributed by atoms with Crippen LogP contribution in [0.15, 0.2) is 148 Å². The summed E-state index contributed by atoms with van der Waals surface area (Å²) in [5.74, 6) is 0.667. The molecule has 0 fully saturated rings. The molecule has 0 N–H and O–H groups in total. The molecule has 0 unspecified atom stereocenters. The van der Waals surface area contributed by atoms with Gasteiger partial charge in [0.1, 0.15) is 22.4 Å². The summed E-state index contributed by atoms with van der Waals surface area (Å²) in [6.07, 6.45) is 0. The lowest BCUT2D eigenvalue weighted by Crippen LogP contribution is -1.95. The fraction of sp³-hybridized carbons (Fsp3) is 0. The molecular formula is C40H23N3O2. The first kappa shape index (κ1) is 24.3. The smallest absolute Gasteiger partial charge is 0.180 e. The lowest BCUT2D eigenvalue weighted by Gasteiger charge is -2.09. The van der Waals surface area contributed by atoms with Gasteiger partial charge in [-0.1, -0.05) is 109 Å². The van der Waals surface area contributed by atoms with Gasteiger partial charge in [-0.2, -0.15) is 0 Å². The number of aromatic nitrogens is 3. The highest BCUT2D eigenvalue weighted by Crippen LogP contribution is 2.44. The van der Waals surface area contributed by atoms with Crippen LogP contribution in [0.2, 0.25) is 0 Å². The van der Waals surface area contributed by atoms with Crippen LogP contribution in [-0.4, -0.2) is 14.5 Å². The maximum atomic E-state index is 6.95. The standard InChI is InChI=1S/C40H23N3O2/c1-3-12-24(13-4-1)35-39-36(42-40(41-35)25-14-5-2-6-15-25)29-23-22-27-26-16-7-9-18-30(26)43(37(27)38(29)45-39)31-19-11-21-33-34(31)28-17-8-10-20-32(28)44-33/h1-23H. The lowest BCUT2D eigenvalue weighted by atomic mass is 10.1. The maximum absolute atomic E-state index is 6.95. The summed E-state index contributed by atoms with van der Waals surface area (Å²) in [5.41, 5.74) is 9.79. The zero-order chi connectivity index (χ0) is 29.5. The summed E-state index contributed by atoms with van der Waals surface area (Å²) in [7, 11) is 0. The van der Waals surface area contributed by atoms with Crippen molar-refractivity contribution in [1.82, 2.24) is 14.5 Å². The normalized spacial score (nSPS) is 12.0. The van der Waals surface area contributed by atoms with Crippen LogP contribution in [0.3, 0.4) is 0 Å². The average Bonchev–Trinajstić information content (AvgIpc) is 3.78. The Morgan fingerprint density at radius 2 is 1.16 bits per heavy atom. The highest BCUT2D eigenvalue weighted by Gasteiger charge is 2.24. The number of fused-ring (bicyclic) bond motifs is 10. The fourth-order valence-electron chi connectivity index (χ4n) is 6.85. The molecule has 6 aromatic carbocycles. The van der Waals surface area contributed by atoms with Crippen LogP contribution in [-0.2, 0) is 0 Å². The highest BCUT2D eigenvalue weighted by molar-refractivity contribution is 6.23. The number of hydrogen-bond donors (Lipinski definition) is 0. The molecule has 5 heteroatoms. The molecule has 4 heterocycles. The number of benzene rings is 6. The van der Waals surface area contributed by atoms with E-state index in [0.29, 0.717) is 11.4 Å². The Morgan fingerprint density at radius 1 is 0.467 bits per heavy atom. The van der Waals surface area contributed by atoms with Crippen LogP contribution in [0, 0.1) is 0 Å². The van der Waals surface area contributed by atoms with Crippen LogP contribution in [0.4, 0.5) is 0 Å². The van der Waals surface area contributed by atoms with Gasteiger partial charge in [0.05, 0.1) is 22.1 Å². The molecule has 0 aliphatic carbocycles. The van der Waals surface area contributed by atoms with Crippen molar-refractivity contribution in [2.75, 3.05) is 0 Å². The van der Waals surface area contributed by atoms with E-state index < -0.39 is 0 Å². The maximum Gasteiger partial charge on any atom is 0.180 e. The molecule has 0 aliphatic heterocycles. The van der Waals surface area contributed by atoms with Gasteiger partial charge in [-0.15, -0.1) is 0 Å². The van der Waals surface area contributed by atoms with Crippen LogP contribution < -0.4 is 0 Å². The number of rotatable bonds is 3. The van der Waals surface area contributed by atoms with Gasteiger partial charge in [0.15, 0.2) is 17.0 Å². The second-order valence-corrected chi connectivity index (χ2v) is 11.3. The quantitative estimate of drug-likeness (QED) is 0.210. The Labute approximate surface area is 256 Å². The predicted molar refractivity (Wildman–Crippen MR) is 182 cm³/mol. The first-order chi connectivity index (χ1) is 22.3. The third-order valence-electron chi connectivity index (χ3n) is 8.82. The summed E-state index contributed by atoms with van der Waals surface area (Å²) in [6, 6.07) is 47.7. The van der Waals surface area contributed by atoms with Gasteiger partial charge in [-0.3, -0.25) is 0 Å². The zero-order valence-electron chi connectivity index (χ0n) is 23.9. The zero-order valence-corrected chi connectivity index (χ0v) is 23.9. The Morgan fingerprint density at radius 3 is 2.00 bits per heavy atom. The Hall–Kier alpha value is -6.20. The van der Waals surface area contributed by atoms with E-state index >= 15 is 0 Å². The Kier molecular flexibility index (Phi) is 4.93. The van der Waals surface area contributed by atoms with Crippen LogP contribution in [0.1, 0.15) is 0 Å². The minimum Gasteiger partial charge on any atom is -0.456 e. The van der Waals surface area contributed by atoms with Crippen molar-refractivity contribution in [3.05, 3.63) is 140 Å². The molecule has 4 aromatic heterocycles. The molecule has 0 saturated carbocycles. The molecule has 10 aromatic rings. The third kappa shape index (κ3) is 3.43. The van der Waals surface area contributed by atoms with Crippen molar-refractivity contribution in [2.24, 2.45) is 0 Å². The van der Waals surface area contributed by atoms with Crippen LogP contribution >= 0.6 is 0 Å². The SMILES string of the molecule is c1ccc(-c2nc(-c3ccccc3)c3oc4c(ccc5c6ccccc6n(-c6cccc7oc8ccccc8c67)c54)c3n2)cc1. The van der Waals surface area contributed by atoms with E-state index in [0.717, 1.165) is 82.7 Å². The van der Waals surface area contributed by atoms with Crippen molar-refractivity contribution in [1.29, 1.82) is 0 Å². The average molecular weight is 578 g/mol. The van der Waals surface area contributed by atoms with Gasteiger partial charge in [-0.05, 0) is 30.3 Å². The summed E-state index contributed by atoms with van der Waals surface area (Å²) in [4.78, 5) is 10.2. The molecule has 210 valence electrons. The van der Waals surface area contributed by atoms with Crippen molar-refractivity contribution in [2.45, 2.75) is 0 Å². The second kappa shape index (κ2) is 9.15. The van der Waals surface area contributed by atoms with E-state index in [1.54, 1.807) is 0 Å². The molecule has 0 amide bonds. The molecule has 45 heavy (non-hydrogen) atoms. The summed E-state index contributed by atoms with van der Waals surface area (Å²) in [6.45, 7) is 0. The molecule has 0 spiro atoms. The van der Waals surface area contributed by atoms with Crippen LogP contribution in [0.5, 0.6) is 0 Å². The predicted octanol–water partition coefficient (Wildman–Crippen LogP) is 10.7. The first-order valence-electron chi connectivity index (χ1n) is 15.0. The topological polar surface area (TPSA) is 57.0 Å². The second-order valence-electron chi connectivity index (χ2n) is 11.3.